The van der Waals surface area contributed by atoms with Gasteiger partial charge in [-0.25, -0.2) is 0 Å². The van der Waals surface area contributed by atoms with Crippen LogP contribution in [-0.4, -0.2) is 17.5 Å². The van der Waals surface area contributed by atoms with E-state index in [9.17, 15) is 13.2 Å². The van der Waals surface area contributed by atoms with Crippen LogP contribution in [0.1, 0.15) is 13.3 Å². The van der Waals surface area contributed by atoms with Gasteiger partial charge in [-0.2, -0.15) is 13.2 Å². The van der Waals surface area contributed by atoms with Crippen LogP contribution >= 0.6 is 0 Å². The van der Waals surface area contributed by atoms with Crippen LogP contribution < -0.4 is 0 Å². The Hall–Kier alpha value is -0.740. The van der Waals surface area contributed by atoms with E-state index in [0.29, 0.717) is 6.42 Å². The second kappa shape index (κ2) is 1.54. The number of fused-ring (bicyclic) bond motifs is 1. The second-order valence-corrected chi connectivity index (χ2v) is 3.13. The van der Waals surface area contributed by atoms with Crippen LogP contribution in [-0.2, 0) is 4.84 Å². The fourth-order valence-electron chi connectivity index (χ4n) is 1.30. The van der Waals surface area contributed by atoms with E-state index < -0.39 is 23.4 Å². The molecule has 2 atom stereocenters. The van der Waals surface area contributed by atoms with Crippen molar-refractivity contribution >= 4 is 5.71 Å². The van der Waals surface area contributed by atoms with Gasteiger partial charge in [-0.1, -0.05) is 5.16 Å². The van der Waals surface area contributed by atoms with E-state index in [1.165, 1.54) is 0 Å². The highest BCUT2D eigenvalue weighted by Crippen LogP contribution is 2.54. The lowest BCUT2D eigenvalue weighted by molar-refractivity contribution is -0.0620. The van der Waals surface area contributed by atoms with Crippen LogP contribution in [0, 0.1) is 5.92 Å². The molecule has 1 saturated carbocycles. The van der Waals surface area contributed by atoms with Crippen molar-refractivity contribution in [1.82, 2.24) is 0 Å². The van der Waals surface area contributed by atoms with Gasteiger partial charge in [-0.3, -0.25) is 0 Å². The first-order chi connectivity index (χ1) is 4.93. The molecule has 0 aromatic carbocycles. The van der Waals surface area contributed by atoms with Crippen molar-refractivity contribution in [2.45, 2.75) is 25.1 Å². The molecule has 2 unspecified atom stereocenters. The van der Waals surface area contributed by atoms with Gasteiger partial charge in [-0.05, 0) is 6.92 Å². The number of oxime groups is 1. The molecular formula is C6H6F3NO. The zero-order valence-electron chi connectivity index (χ0n) is 5.77. The normalized spacial score (nSPS) is 41.1. The Morgan fingerprint density at radius 3 is 2.45 bits per heavy atom. The Labute approximate surface area is 61.0 Å². The van der Waals surface area contributed by atoms with Crippen LogP contribution in [0.4, 0.5) is 13.2 Å². The highest BCUT2D eigenvalue weighted by atomic mass is 19.4. The van der Waals surface area contributed by atoms with Crippen molar-refractivity contribution in [3.8, 4) is 0 Å². The Morgan fingerprint density at radius 1 is 1.64 bits per heavy atom. The van der Waals surface area contributed by atoms with Crippen molar-refractivity contribution in [3.05, 3.63) is 0 Å². The molecule has 1 fully saturated rings. The van der Waals surface area contributed by atoms with Gasteiger partial charge in [-0.15, -0.1) is 0 Å². The van der Waals surface area contributed by atoms with Crippen molar-refractivity contribution < 1.29 is 18.0 Å². The van der Waals surface area contributed by atoms with Gasteiger partial charge >= 0.3 is 6.18 Å². The molecule has 62 valence electrons. The molecule has 0 N–H and O–H groups in total. The molecule has 1 aliphatic heterocycles. The summed E-state index contributed by atoms with van der Waals surface area (Å²) in [6.45, 7) is 1.64. The van der Waals surface area contributed by atoms with Gasteiger partial charge in [0.05, 0.1) is 5.92 Å². The lowest BCUT2D eigenvalue weighted by Gasteiger charge is -2.02. The maximum Gasteiger partial charge on any atom is 0.433 e. The summed E-state index contributed by atoms with van der Waals surface area (Å²) in [5, 5.41) is 3.00. The van der Waals surface area contributed by atoms with E-state index in [4.69, 9.17) is 0 Å². The van der Waals surface area contributed by atoms with E-state index in [1.54, 1.807) is 6.92 Å². The standard InChI is InChI=1S/C6H6F3NO/c1-5-2-3(5)4(10-11-5)6(7,8)9/h3H,2H2,1H3. The first kappa shape index (κ1) is 6.94. The molecule has 5 heteroatoms. The van der Waals surface area contributed by atoms with Crippen molar-refractivity contribution in [2.75, 3.05) is 0 Å². The molecule has 0 radical (unpaired) electrons. The maximum absolute atomic E-state index is 12.0. The number of hydrogen-bond donors (Lipinski definition) is 0. The molecule has 0 aromatic rings. The SMILES string of the molecule is CC12CC1C(C(F)(F)F)=NO2. The van der Waals surface area contributed by atoms with E-state index in [2.05, 4.69) is 9.99 Å². The Kier molecular flexibility index (Phi) is 0.971. The zero-order chi connectivity index (χ0) is 8.28. The molecule has 0 bridgehead atoms. The smallest absolute Gasteiger partial charge is 0.389 e. The van der Waals surface area contributed by atoms with Gasteiger partial charge in [0.15, 0.2) is 5.71 Å². The number of rotatable bonds is 0. The van der Waals surface area contributed by atoms with Crippen molar-refractivity contribution in [1.29, 1.82) is 0 Å². The van der Waals surface area contributed by atoms with Gasteiger partial charge < -0.3 is 4.84 Å². The van der Waals surface area contributed by atoms with E-state index in [0.717, 1.165) is 0 Å². The molecule has 2 nitrogen and oxygen atoms in total. The van der Waals surface area contributed by atoms with E-state index >= 15 is 0 Å². The van der Waals surface area contributed by atoms with Crippen molar-refractivity contribution in [3.63, 3.8) is 0 Å². The second-order valence-electron chi connectivity index (χ2n) is 3.13. The Bertz CT molecular complexity index is 234. The minimum Gasteiger partial charge on any atom is -0.389 e. The molecular weight excluding hydrogens is 159 g/mol. The highest BCUT2D eigenvalue weighted by Gasteiger charge is 2.66. The predicted octanol–water partition coefficient (Wildman–Crippen LogP) is 1.71. The van der Waals surface area contributed by atoms with Crippen LogP contribution in [0.5, 0.6) is 0 Å². The zero-order valence-corrected chi connectivity index (χ0v) is 5.77. The minimum absolute atomic E-state index is 0.450. The molecule has 1 aliphatic carbocycles. The minimum atomic E-state index is -4.31. The van der Waals surface area contributed by atoms with Gasteiger partial charge in [0.1, 0.15) is 5.60 Å². The number of hydrogen-bond acceptors (Lipinski definition) is 2. The van der Waals surface area contributed by atoms with Crippen LogP contribution in [0.2, 0.25) is 0 Å². The molecule has 2 rings (SSSR count). The summed E-state index contributed by atoms with van der Waals surface area (Å²) in [5.74, 6) is -0.512. The summed E-state index contributed by atoms with van der Waals surface area (Å²) in [6.07, 6.45) is -3.86. The number of alkyl halides is 3. The van der Waals surface area contributed by atoms with Gasteiger partial charge in [0.25, 0.3) is 0 Å². The number of nitrogens with zero attached hydrogens (tertiary/aromatic N) is 1. The fraction of sp³-hybridized carbons (Fsp3) is 0.833. The summed E-state index contributed by atoms with van der Waals surface area (Å²) in [7, 11) is 0. The summed E-state index contributed by atoms with van der Waals surface area (Å²) in [4.78, 5) is 4.62. The third-order valence-electron chi connectivity index (χ3n) is 2.16. The highest BCUT2D eigenvalue weighted by molar-refractivity contribution is 5.96. The van der Waals surface area contributed by atoms with Crippen LogP contribution in [0.15, 0.2) is 5.16 Å². The largest absolute Gasteiger partial charge is 0.433 e. The maximum atomic E-state index is 12.0. The fourth-order valence-corrected chi connectivity index (χ4v) is 1.30. The average molecular weight is 165 g/mol. The average Bonchev–Trinajstić information content (AvgIpc) is 2.32. The van der Waals surface area contributed by atoms with E-state index in [1.807, 2.05) is 0 Å². The lowest BCUT2D eigenvalue weighted by atomic mass is 10.2. The van der Waals surface area contributed by atoms with E-state index in [-0.39, 0.29) is 0 Å². The molecule has 11 heavy (non-hydrogen) atoms. The monoisotopic (exact) mass is 165 g/mol. The predicted molar refractivity (Wildman–Crippen MR) is 31.1 cm³/mol. The summed E-state index contributed by atoms with van der Waals surface area (Å²) < 4.78 is 36.0. The third kappa shape index (κ3) is 0.829. The third-order valence-corrected chi connectivity index (χ3v) is 2.16. The van der Waals surface area contributed by atoms with Crippen LogP contribution in [0.25, 0.3) is 0 Å². The lowest BCUT2D eigenvalue weighted by Crippen LogP contribution is -2.24. The summed E-state index contributed by atoms with van der Waals surface area (Å²) >= 11 is 0. The van der Waals surface area contributed by atoms with Gasteiger partial charge in [0.2, 0.25) is 0 Å². The summed E-state index contributed by atoms with van der Waals surface area (Å²) in [6, 6.07) is 0. The first-order valence-electron chi connectivity index (χ1n) is 3.27. The molecule has 1 heterocycles. The number of halogens is 3. The van der Waals surface area contributed by atoms with Crippen molar-refractivity contribution in [2.24, 2.45) is 11.1 Å². The molecule has 0 amide bonds. The molecule has 0 aromatic heterocycles. The Morgan fingerprint density at radius 2 is 2.27 bits per heavy atom. The quantitative estimate of drug-likeness (QED) is 0.535. The molecule has 2 aliphatic rings. The summed E-state index contributed by atoms with van der Waals surface area (Å²) in [5.41, 5.74) is -1.38. The Balaban J connectivity index is 2.20. The van der Waals surface area contributed by atoms with Gasteiger partial charge in [0, 0.05) is 6.42 Å². The first-order valence-corrected chi connectivity index (χ1v) is 3.27. The molecule has 0 spiro atoms. The topological polar surface area (TPSA) is 21.6 Å². The molecule has 0 saturated heterocycles. The van der Waals surface area contributed by atoms with Crippen LogP contribution in [0.3, 0.4) is 0 Å².